The maximum absolute atomic E-state index is 12.1. The Morgan fingerprint density at radius 1 is 1.60 bits per heavy atom. The van der Waals surface area contributed by atoms with Crippen LogP contribution < -0.4 is 15.8 Å². The molecule has 0 bridgehead atoms. The van der Waals surface area contributed by atoms with Gasteiger partial charge in [-0.05, 0) is 25.5 Å². The van der Waals surface area contributed by atoms with Crippen LogP contribution in [-0.4, -0.2) is 44.7 Å². The molecule has 1 aliphatic heterocycles. The number of thiophene rings is 1. The van der Waals surface area contributed by atoms with Crippen molar-refractivity contribution in [1.29, 1.82) is 0 Å². The number of nitrogens with two attached hydrogens (primary N) is 1. The molecule has 1 aromatic rings. The van der Waals surface area contributed by atoms with Gasteiger partial charge in [-0.1, -0.05) is 0 Å². The van der Waals surface area contributed by atoms with Gasteiger partial charge >= 0.3 is 0 Å². The van der Waals surface area contributed by atoms with Crippen LogP contribution in [0.4, 0.5) is 0 Å². The maximum atomic E-state index is 12.1. The summed E-state index contributed by atoms with van der Waals surface area (Å²) >= 11 is 0.922. The highest BCUT2D eigenvalue weighted by molar-refractivity contribution is 7.91. The molecular weight excluding hydrogens is 302 g/mol. The number of carbonyl (C=O) groups is 1. The Balaban J connectivity index is 2.05. The van der Waals surface area contributed by atoms with E-state index in [4.69, 9.17) is 5.73 Å². The van der Waals surface area contributed by atoms with Crippen LogP contribution in [0.25, 0.3) is 0 Å². The predicted octanol–water partition coefficient (Wildman–Crippen LogP) is -0.760. The normalized spacial score (nSPS) is 23.6. The fourth-order valence-corrected chi connectivity index (χ4v) is 4.32. The molecule has 0 unspecified atom stereocenters. The summed E-state index contributed by atoms with van der Waals surface area (Å²) in [5, 5.41) is 14.6. The largest absolute Gasteiger partial charge is 0.387 e. The molecule has 20 heavy (non-hydrogen) atoms. The van der Waals surface area contributed by atoms with Crippen molar-refractivity contribution < 1.29 is 18.3 Å². The van der Waals surface area contributed by atoms with E-state index in [2.05, 4.69) is 10.0 Å². The van der Waals surface area contributed by atoms with Gasteiger partial charge in [-0.2, -0.15) is 0 Å². The van der Waals surface area contributed by atoms with Gasteiger partial charge in [0.15, 0.2) is 0 Å². The van der Waals surface area contributed by atoms with E-state index in [1.165, 1.54) is 11.4 Å². The number of piperidine rings is 1. The molecule has 1 fully saturated rings. The standard InChI is InChI=1S/C11H17N3O4S2/c12-10(15)8-4-9(19-5-8)20(17,18)14-7-11(16)2-1-3-13-6-11/h4-5,13-14,16H,1-3,6-7H2,(H2,12,15)/t11-/m1/s1. The average Bonchev–Trinajstić information content (AvgIpc) is 2.88. The molecule has 5 N–H and O–H groups in total. The minimum atomic E-state index is -3.74. The van der Waals surface area contributed by atoms with Crippen LogP contribution >= 0.6 is 11.3 Å². The molecule has 0 spiro atoms. The van der Waals surface area contributed by atoms with Gasteiger partial charge in [-0.25, -0.2) is 13.1 Å². The smallest absolute Gasteiger partial charge is 0.250 e. The predicted molar refractivity (Wildman–Crippen MR) is 75.1 cm³/mol. The molecule has 2 heterocycles. The molecule has 0 aromatic carbocycles. The van der Waals surface area contributed by atoms with Crippen molar-refractivity contribution in [2.24, 2.45) is 5.73 Å². The molecule has 1 atom stereocenters. The van der Waals surface area contributed by atoms with Crippen molar-refractivity contribution in [2.75, 3.05) is 19.6 Å². The summed E-state index contributed by atoms with van der Waals surface area (Å²) in [7, 11) is -3.74. The summed E-state index contributed by atoms with van der Waals surface area (Å²) in [6.45, 7) is 1.11. The van der Waals surface area contributed by atoms with Crippen LogP contribution in [0.1, 0.15) is 23.2 Å². The minimum absolute atomic E-state index is 0.0127. The van der Waals surface area contributed by atoms with E-state index in [0.29, 0.717) is 13.0 Å². The quantitative estimate of drug-likeness (QED) is 0.568. The van der Waals surface area contributed by atoms with Crippen molar-refractivity contribution in [2.45, 2.75) is 22.7 Å². The van der Waals surface area contributed by atoms with Gasteiger partial charge in [0.25, 0.3) is 0 Å². The second-order valence-corrected chi connectivity index (χ2v) is 7.75. The molecule has 7 nitrogen and oxygen atoms in total. The fourth-order valence-electron chi connectivity index (χ4n) is 1.99. The molecule has 0 saturated carbocycles. The molecule has 0 radical (unpaired) electrons. The van der Waals surface area contributed by atoms with Crippen molar-refractivity contribution in [1.82, 2.24) is 10.0 Å². The van der Waals surface area contributed by atoms with E-state index in [0.717, 1.165) is 24.3 Å². The summed E-state index contributed by atoms with van der Waals surface area (Å²) in [6.07, 6.45) is 1.34. The lowest BCUT2D eigenvalue weighted by Gasteiger charge is -2.32. The molecule has 1 amide bonds. The first kappa shape index (κ1) is 15.4. The maximum Gasteiger partial charge on any atom is 0.250 e. The number of hydrogen-bond donors (Lipinski definition) is 4. The highest BCUT2D eigenvalue weighted by Crippen LogP contribution is 2.21. The number of aliphatic hydroxyl groups is 1. The molecular formula is C11H17N3O4S2. The second-order valence-electron chi connectivity index (χ2n) is 4.85. The minimum Gasteiger partial charge on any atom is -0.387 e. The SMILES string of the molecule is NC(=O)c1csc(S(=O)(=O)NC[C@@]2(O)CCCNC2)c1. The molecule has 112 valence electrons. The van der Waals surface area contributed by atoms with Crippen LogP contribution in [0.5, 0.6) is 0 Å². The Labute approximate surface area is 121 Å². The van der Waals surface area contributed by atoms with Crippen molar-refractivity contribution >= 4 is 27.3 Å². The number of primary amides is 1. The summed E-state index contributed by atoms with van der Waals surface area (Å²) in [5.41, 5.74) is 4.17. The van der Waals surface area contributed by atoms with Crippen LogP contribution in [0.15, 0.2) is 15.7 Å². The molecule has 9 heteroatoms. The molecule has 1 saturated heterocycles. The van der Waals surface area contributed by atoms with Gasteiger partial charge in [-0.15, -0.1) is 11.3 Å². The Morgan fingerprint density at radius 2 is 2.35 bits per heavy atom. The fraction of sp³-hybridized carbons (Fsp3) is 0.545. The Kier molecular flexibility index (Phi) is 4.45. The average molecular weight is 319 g/mol. The number of nitrogens with one attached hydrogen (secondary N) is 2. The second kappa shape index (κ2) is 5.78. The van der Waals surface area contributed by atoms with E-state index >= 15 is 0 Å². The van der Waals surface area contributed by atoms with Crippen LogP contribution in [0, 0.1) is 0 Å². The molecule has 0 aliphatic carbocycles. The number of sulfonamides is 1. The first-order valence-corrected chi connectivity index (χ1v) is 8.50. The van der Waals surface area contributed by atoms with Gasteiger partial charge in [0, 0.05) is 18.5 Å². The van der Waals surface area contributed by atoms with Crippen molar-refractivity contribution in [3.8, 4) is 0 Å². The summed E-state index contributed by atoms with van der Waals surface area (Å²) in [5.74, 6) is -0.669. The number of hydrogen-bond acceptors (Lipinski definition) is 6. The van der Waals surface area contributed by atoms with Gasteiger partial charge in [0.05, 0.1) is 11.2 Å². The van der Waals surface area contributed by atoms with Crippen LogP contribution in [-0.2, 0) is 10.0 Å². The Morgan fingerprint density at radius 3 is 2.90 bits per heavy atom. The molecule has 1 aromatic heterocycles. The monoisotopic (exact) mass is 319 g/mol. The summed E-state index contributed by atoms with van der Waals surface area (Å²) in [4.78, 5) is 11.0. The lowest BCUT2D eigenvalue weighted by Crippen LogP contribution is -2.52. The van der Waals surface area contributed by atoms with Crippen molar-refractivity contribution in [3.63, 3.8) is 0 Å². The van der Waals surface area contributed by atoms with E-state index < -0.39 is 21.5 Å². The zero-order valence-electron chi connectivity index (χ0n) is 10.8. The zero-order chi connectivity index (χ0) is 14.8. The van der Waals surface area contributed by atoms with Crippen LogP contribution in [0.3, 0.4) is 0 Å². The van der Waals surface area contributed by atoms with Gasteiger partial charge in [-0.3, -0.25) is 4.79 Å². The lowest BCUT2D eigenvalue weighted by molar-refractivity contribution is 0.0218. The first-order valence-electron chi connectivity index (χ1n) is 6.14. The number of amides is 1. The van der Waals surface area contributed by atoms with Crippen LogP contribution in [0.2, 0.25) is 0 Å². The lowest BCUT2D eigenvalue weighted by atomic mass is 9.95. The first-order chi connectivity index (χ1) is 9.32. The van der Waals surface area contributed by atoms with E-state index in [1.54, 1.807) is 0 Å². The van der Waals surface area contributed by atoms with Crippen molar-refractivity contribution in [3.05, 3.63) is 17.0 Å². The third-order valence-corrected chi connectivity index (χ3v) is 6.01. The highest BCUT2D eigenvalue weighted by Gasteiger charge is 2.31. The third kappa shape index (κ3) is 3.55. The number of carbonyl (C=O) groups excluding carboxylic acids is 1. The van der Waals surface area contributed by atoms with E-state index in [-0.39, 0.29) is 16.3 Å². The highest BCUT2D eigenvalue weighted by atomic mass is 32.2. The third-order valence-electron chi connectivity index (χ3n) is 3.17. The van der Waals surface area contributed by atoms with Gasteiger partial charge < -0.3 is 16.2 Å². The van der Waals surface area contributed by atoms with Gasteiger partial charge in [0.2, 0.25) is 15.9 Å². The summed E-state index contributed by atoms with van der Waals surface area (Å²) in [6, 6.07) is 1.23. The molecule has 2 rings (SSSR count). The number of β-amino-alcohol motifs (C(OH)–C–C–N with tert-alkyl or cyclic N) is 1. The molecule has 1 aliphatic rings. The zero-order valence-corrected chi connectivity index (χ0v) is 12.4. The van der Waals surface area contributed by atoms with E-state index in [9.17, 15) is 18.3 Å². The number of rotatable bonds is 5. The van der Waals surface area contributed by atoms with E-state index in [1.807, 2.05) is 0 Å². The Hall–Kier alpha value is -1.00. The summed E-state index contributed by atoms with van der Waals surface area (Å²) < 4.78 is 26.5. The topological polar surface area (TPSA) is 122 Å². The van der Waals surface area contributed by atoms with Gasteiger partial charge in [0.1, 0.15) is 4.21 Å². The Bertz CT molecular complexity index is 591.